The van der Waals surface area contributed by atoms with Crippen molar-refractivity contribution >= 4 is 0 Å². The number of nitrogens with zero attached hydrogens (tertiary/aromatic N) is 1. The second kappa shape index (κ2) is 9.15. The summed E-state index contributed by atoms with van der Waals surface area (Å²) in [5.41, 5.74) is 2.90. The smallest absolute Gasteiger partial charge is 0.0236 e. The van der Waals surface area contributed by atoms with Gasteiger partial charge in [-0.15, -0.1) is 0 Å². The Morgan fingerprint density at radius 3 is 2.15 bits per heavy atom. The lowest BCUT2D eigenvalue weighted by Gasteiger charge is -2.21. The molecule has 1 aromatic rings. The third kappa shape index (κ3) is 6.06. The molecule has 0 radical (unpaired) electrons. The van der Waals surface area contributed by atoms with Crippen molar-refractivity contribution in [2.24, 2.45) is 5.92 Å². The number of nitrogens with one attached hydrogen (secondary N) is 1. The van der Waals surface area contributed by atoms with Crippen molar-refractivity contribution in [3.8, 4) is 0 Å². The van der Waals surface area contributed by atoms with Crippen LogP contribution in [0.15, 0.2) is 24.3 Å². The van der Waals surface area contributed by atoms with E-state index in [1.54, 1.807) is 0 Å². The maximum absolute atomic E-state index is 3.66. The first-order chi connectivity index (χ1) is 9.56. The van der Waals surface area contributed by atoms with Crippen LogP contribution >= 0.6 is 0 Å². The Kier molecular flexibility index (Phi) is 7.86. The average Bonchev–Trinajstić information content (AvgIpc) is 2.42. The van der Waals surface area contributed by atoms with Crippen molar-refractivity contribution in [1.29, 1.82) is 0 Å². The second-order valence-electron chi connectivity index (χ2n) is 6.14. The molecule has 0 aromatic heterocycles. The monoisotopic (exact) mass is 276 g/mol. The predicted molar refractivity (Wildman–Crippen MR) is 88.8 cm³/mol. The first-order valence-corrected chi connectivity index (χ1v) is 8.09. The van der Waals surface area contributed by atoms with Crippen molar-refractivity contribution in [2.75, 3.05) is 13.1 Å². The predicted octanol–water partition coefficient (Wildman–Crippen LogP) is 4.05. The SMILES string of the molecule is CCN(CC)Cc1ccccc1CNC(C)CC(C)C. The van der Waals surface area contributed by atoms with Crippen LogP contribution in [0.3, 0.4) is 0 Å². The minimum atomic E-state index is 0.580. The van der Waals surface area contributed by atoms with Crippen LogP contribution in [0.5, 0.6) is 0 Å². The third-order valence-corrected chi connectivity index (χ3v) is 3.87. The van der Waals surface area contributed by atoms with Gasteiger partial charge in [-0.1, -0.05) is 52.0 Å². The lowest BCUT2D eigenvalue weighted by atomic mass is 10.0. The first-order valence-electron chi connectivity index (χ1n) is 8.09. The van der Waals surface area contributed by atoms with Gasteiger partial charge in [0.25, 0.3) is 0 Å². The standard InChI is InChI=1S/C18H32N2/c1-6-20(7-2)14-18-11-9-8-10-17(18)13-19-16(5)12-15(3)4/h8-11,15-16,19H,6-7,12-14H2,1-5H3. The zero-order valence-corrected chi connectivity index (χ0v) is 13.9. The highest BCUT2D eigenvalue weighted by Gasteiger charge is 2.08. The summed E-state index contributed by atoms with van der Waals surface area (Å²) in [6.07, 6.45) is 1.23. The van der Waals surface area contributed by atoms with Crippen LogP contribution in [0.2, 0.25) is 0 Å². The Balaban J connectivity index is 2.61. The molecule has 1 aromatic carbocycles. The molecule has 1 N–H and O–H groups in total. The topological polar surface area (TPSA) is 15.3 Å². The molecule has 1 unspecified atom stereocenters. The molecule has 1 rings (SSSR count). The van der Waals surface area contributed by atoms with E-state index in [9.17, 15) is 0 Å². The molecular formula is C18H32N2. The Bertz CT molecular complexity index is 369. The van der Waals surface area contributed by atoms with Crippen LogP contribution in [-0.4, -0.2) is 24.0 Å². The zero-order valence-electron chi connectivity index (χ0n) is 13.9. The van der Waals surface area contributed by atoms with Gasteiger partial charge in [0, 0.05) is 19.1 Å². The molecule has 0 fully saturated rings. The summed E-state index contributed by atoms with van der Waals surface area (Å²) in [6, 6.07) is 9.41. The zero-order chi connectivity index (χ0) is 15.0. The molecule has 20 heavy (non-hydrogen) atoms. The summed E-state index contributed by atoms with van der Waals surface area (Å²) >= 11 is 0. The van der Waals surface area contributed by atoms with Gasteiger partial charge in [-0.05, 0) is 43.5 Å². The van der Waals surface area contributed by atoms with Crippen LogP contribution in [0.1, 0.15) is 52.2 Å². The average molecular weight is 276 g/mol. The Labute approximate surface area is 125 Å². The lowest BCUT2D eigenvalue weighted by Crippen LogP contribution is -2.28. The molecule has 0 heterocycles. The normalized spacial score (nSPS) is 13.2. The molecule has 0 aliphatic carbocycles. The van der Waals surface area contributed by atoms with E-state index in [4.69, 9.17) is 0 Å². The summed E-state index contributed by atoms with van der Waals surface area (Å²) in [5, 5.41) is 3.66. The van der Waals surface area contributed by atoms with Crippen molar-refractivity contribution in [2.45, 2.75) is 60.2 Å². The fourth-order valence-corrected chi connectivity index (χ4v) is 2.65. The van der Waals surface area contributed by atoms with E-state index in [0.29, 0.717) is 6.04 Å². The van der Waals surface area contributed by atoms with E-state index in [0.717, 1.165) is 32.1 Å². The van der Waals surface area contributed by atoms with Gasteiger partial charge in [-0.3, -0.25) is 4.90 Å². The molecular weight excluding hydrogens is 244 g/mol. The molecule has 0 bridgehead atoms. The molecule has 0 amide bonds. The van der Waals surface area contributed by atoms with Crippen molar-refractivity contribution in [3.63, 3.8) is 0 Å². The van der Waals surface area contributed by atoms with Crippen LogP contribution in [0.25, 0.3) is 0 Å². The maximum atomic E-state index is 3.66. The Morgan fingerprint density at radius 2 is 1.60 bits per heavy atom. The van der Waals surface area contributed by atoms with Crippen molar-refractivity contribution < 1.29 is 0 Å². The van der Waals surface area contributed by atoms with Crippen LogP contribution in [-0.2, 0) is 13.1 Å². The highest BCUT2D eigenvalue weighted by molar-refractivity contribution is 5.27. The largest absolute Gasteiger partial charge is 0.310 e. The first kappa shape index (κ1) is 17.2. The molecule has 0 aliphatic rings. The highest BCUT2D eigenvalue weighted by atomic mass is 15.1. The molecule has 0 spiro atoms. The van der Waals surface area contributed by atoms with Gasteiger partial charge in [0.15, 0.2) is 0 Å². The molecule has 1 atom stereocenters. The summed E-state index contributed by atoms with van der Waals surface area (Å²) < 4.78 is 0. The van der Waals surface area contributed by atoms with E-state index in [-0.39, 0.29) is 0 Å². The van der Waals surface area contributed by atoms with Crippen molar-refractivity contribution in [3.05, 3.63) is 35.4 Å². The van der Waals surface area contributed by atoms with Gasteiger partial charge in [0.1, 0.15) is 0 Å². The third-order valence-electron chi connectivity index (χ3n) is 3.87. The summed E-state index contributed by atoms with van der Waals surface area (Å²) in [4.78, 5) is 2.47. The van der Waals surface area contributed by atoms with Crippen LogP contribution in [0, 0.1) is 5.92 Å². The number of hydrogen-bond acceptors (Lipinski definition) is 2. The van der Waals surface area contributed by atoms with Crippen LogP contribution in [0.4, 0.5) is 0 Å². The van der Waals surface area contributed by atoms with E-state index in [2.05, 4.69) is 69.1 Å². The highest BCUT2D eigenvalue weighted by Crippen LogP contribution is 2.13. The number of benzene rings is 1. The fraction of sp³-hybridized carbons (Fsp3) is 0.667. The van der Waals surface area contributed by atoms with Gasteiger partial charge >= 0.3 is 0 Å². The van der Waals surface area contributed by atoms with Crippen LogP contribution < -0.4 is 5.32 Å². The molecule has 0 saturated carbocycles. The summed E-state index contributed by atoms with van der Waals surface area (Å²) in [7, 11) is 0. The summed E-state index contributed by atoms with van der Waals surface area (Å²) in [5.74, 6) is 0.753. The van der Waals surface area contributed by atoms with Crippen molar-refractivity contribution in [1.82, 2.24) is 10.2 Å². The molecule has 0 saturated heterocycles. The van der Waals surface area contributed by atoms with Gasteiger partial charge in [-0.2, -0.15) is 0 Å². The van der Waals surface area contributed by atoms with E-state index in [1.165, 1.54) is 17.5 Å². The van der Waals surface area contributed by atoms with E-state index in [1.807, 2.05) is 0 Å². The Hall–Kier alpha value is -0.860. The number of hydrogen-bond donors (Lipinski definition) is 1. The molecule has 0 aliphatic heterocycles. The minimum absolute atomic E-state index is 0.580. The fourth-order valence-electron chi connectivity index (χ4n) is 2.65. The molecule has 114 valence electrons. The van der Waals surface area contributed by atoms with Gasteiger partial charge < -0.3 is 5.32 Å². The maximum Gasteiger partial charge on any atom is 0.0236 e. The lowest BCUT2D eigenvalue weighted by molar-refractivity contribution is 0.294. The van der Waals surface area contributed by atoms with E-state index < -0.39 is 0 Å². The Morgan fingerprint density at radius 1 is 1.00 bits per heavy atom. The van der Waals surface area contributed by atoms with E-state index >= 15 is 0 Å². The molecule has 2 heteroatoms. The quantitative estimate of drug-likeness (QED) is 0.732. The van der Waals surface area contributed by atoms with Gasteiger partial charge in [-0.25, -0.2) is 0 Å². The number of rotatable bonds is 9. The second-order valence-corrected chi connectivity index (χ2v) is 6.14. The summed E-state index contributed by atoms with van der Waals surface area (Å²) in [6.45, 7) is 15.6. The minimum Gasteiger partial charge on any atom is -0.310 e. The van der Waals surface area contributed by atoms with Gasteiger partial charge in [0.05, 0.1) is 0 Å². The molecule has 2 nitrogen and oxygen atoms in total. The van der Waals surface area contributed by atoms with Gasteiger partial charge in [0.2, 0.25) is 0 Å².